The summed E-state index contributed by atoms with van der Waals surface area (Å²) < 4.78 is 330. The molecule has 5 aliphatic carbocycles. The van der Waals surface area contributed by atoms with Gasteiger partial charge in [0.15, 0.2) is 12.4 Å². The van der Waals surface area contributed by atoms with Gasteiger partial charge in [-0.15, -0.1) is 0 Å². The number of ether oxygens (including phenoxy) is 12. The van der Waals surface area contributed by atoms with Crippen molar-refractivity contribution in [2.45, 2.75) is 299 Å². The number of rotatable bonds is 17. The molecule has 1 spiro atoms. The largest absolute Gasteiger partial charge is 0.465 e. The average Bonchev–Trinajstić information content (AvgIpc) is 0.707. The fourth-order valence-corrected chi connectivity index (χ4v) is 14.0. The second kappa shape index (κ2) is 31.3. The van der Waals surface area contributed by atoms with Crippen molar-refractivity contribution in [1.29, 1.82) is 0 Å². The zero-order chi connectivity index (χ0) is 81.0. The first-order valence-corrected chi connectivity index (χ1v) is 34.0. The van der Waals surface area contributed by atoms with Gasteiger partial charge in [-0.05, 0) is 155 Å². The van der Waals surface area contributed by atoms with Crippen molar-refractivity contribution in [3.05, 3.63) is 0 Å². The van der Waals surface area contributed by atoms with Crippen LogP contribution in [0.2, 0.25) is 0 Å². The Morgan fingerprint density at radius 3 is 1.30 bits per heavy atom. The quantitative estimate of drug-likeness (QED) is 0.0599. The van der Waals surface area contributed by atoms with Gasteiger partial charge in [-0.25, -0.2) is 0 Å². The van der Waals surface area contributed by atoms with Crippen LogP contribution in [0.1, 0.15) is 187 Å². The molecule has 0 aromatic carbocycles. The minimum atomic E-state index is -5.81. The van der Waals surface area contributed by atoms with E-state index in [1.807, 2.05) is 6.92 Å². The van der Waals surface area contributed by atoms with Crippen molar-refractivity contribution in [3.63, 3.8) is 0 Å². The van der Waals surface area contributed by atoms with Gasteiger partial charge in [0, 0.05) is 5.41 Å². The molecule has 4 bridgehead atoms. The van der Waals surface area contributed by atoms with Gasteiger partial charge < -0.3 is 77.3 Å². The summed E-state index contributed by atoms with van der Waals surface area (Å²) in [5.41, 5.74) is -8.22. The van der Waals surface area contributed by atoms with E-state index in [1.165, 1.54) is 13.8 Å². The molecule has 614 valence electrons. The number of hydrogen-bond acceptors (Lipinski definition) is 20. The lowest BCUT2D eigenvalue weighted by Gasteiger charge is -2.63. The lowest BCUT2D eigenvalue weighted by molar-refractivity contribution is -0.542. The van der Waals surface area contributed by atoms with E-state index in [-0.39, 0.29) is 49.0 Å². The SMILES string of the molecule is CCC(C)C(=O)OC(C)(C)C1OCC(F)(F)C(O)(C(F)(F)F)O1.CCC(C)C(=O)OCC1(C)OC(C)(C)C(F)(F)C(O)(C(F)(F)F)O1.CCC(C)C(=O)OCC1(C)OC(C23CC4CC(CC(C4)C2)C3)C(F)(F)C(O)(C(F)(F)F)O1.CCC(C)C(=O)OCC1CCC2(CC1)OCOC(O)(C(F)(F)F)C2(F)F. The van der Waals surface area contributed by atoms with Crippen LogP contribution in [0.5, 0.6) is 0 Å². The molecule has 4 N–H and O–H groups in total. The molecule has 4 heterocycles. The smallest absolute Gasteiger partial charge is 0.449 e. The Hall–Kier alpha value is -4.00. The van der Waals surface area contributed by atoms with Crippen LogP contribution >= 0.6 is 0 Å². The lowest BCUT2D eigenvalue weighted by atomic mass is 9.47. The van der Waals surface area contributed by atoms with E-state index in [2.05, 4.69) is 23.7 Å². The number of carbonyl (C=O) groups is 4. The highest BCUT2D eigenvalue weighted by Crippen LogP contribution is 2.67. The Labute approximate surface area is 592 Å². The van der Waals surface area contributed by atoms with E-state index < -0.39 is 199 Å². The fraction of sp³-hybridized carbons (Fsp3) is 0.938. The number of halogens is 20. The average molecular weight is 1580 g/mol. The van der Waals surface area contributed by atoms with Gasteiger partial charge in [-0.1, -0.05) is 55.4 Å². The minimum absolute atomic E-state index is 0.0187. The maximum absolute atomic E-state index is 15.5. The van der Waals surface area contributed by atoms with Gasteiger partial charge in [0.25, 0.3) is 0 Å². The van der Waals surface area contributed by atoms with Crippen molar-refractivity contribution >= 4 is 23.9 Å². The standard InChI is InChI=1S/C22H31F5O5.C16H23F5O5.C14H21F5O5.C13H19F5O5/c1-4-12(2)16(28)30-11-18(3)31-17(20(23,24)21(29,32-18)22(25,26)27)19-8-13-5-14(9-19)7-15(6-13)10-19;1-3-10(2)12(22)24-8-11-4-6-13(7-5-11)14(17,18)15(23,16(19,20)21)26-9-25-13;1-6-8(2)9(20)22-7-11(5)23-10(3,4)12(15,16)13(21,24-11)14(17,18)19;1-5-7(2)8(19)22-10(3,4)9-21-6-11(14,15)12(20,23-9)13(16,17)18/h12-15,17,29H,4-11H2,1-3H3;10-11,23H,3-9H2,1-2H3;8,21H,6-7H2,1-5H3;7,9,20H,5-6H2,1-4H3. The van der Waals surface area contributed by atoms with Gasteiger partial charge >= 0.3 is 95.4 Å². The highest BCUT2D eigenvalue weighted by atomic mass is 19.4. The third-order valence-corrected chi connectivity index (χ3v) is 20.8. The van der Waals surface area contributed by atoms with Gasteiger partial charge in [0.05, 0.1) is 30.3 Å². The second-order valence-electron chi connectivity index (χ2n) is 30.1. The minimum Gasteiger partial charge on any atom is -0.465 e. The summed E-state index contributed by atoms with van der Waals surface area (Å²) >= 11 is 0. The van der Waals surface area contributed by atoms with Crippen LogP contribution in [0.4, 0.5) is 87.8 Å². The van der Waals surface area contributed by atoms with Crippen LogP contribution in [-0.4, -0.2) is 190 Å². The summed E-state index contributed by atoms with van der Waals surface area (Å²) in [6.45, 7) is 14.2. The van der Waals surface area contributed by atoms with Crippen LogP contribution in [0.15, 0.2) is 0 Å². The van der Waals surface area contributed by atoms with Crippen LogP contribution in [0.3, 0.4) is 0 Å². The number of carbonyl (C=O) groups excluding carboxylic acids is 4. The monoisotopic (exact) mass is 1570 g/mol. The van der Waals surface area contributed by atoms with E-state index >= 15 is 8.78 Å². The maximum atomic E-state index is 15.5. The predicted octanol–water partition coefficient (Wildman–Crippen LogP) is 13.8. The molecular formula is C65H94F20O20. The topological polar surface area (TPSA) is 260 Å². The van der Waals surface area contributed by atoms with Crippen LogP contribution < -0.4 is 0 Å². The Kier molecular flexibility index (Phi) is 27.3. The molecule has 9 aliphatic rings. The highest BCUT2D eigenvalue weighted by Gasteiger charge is 2.84. The molecule has 9 rings (SSSR count). The van der Waals surface area contributed by atoms with Crippen molar-refractivity contribution < 1.29 is 184 Å². The lowest BCUT2D eigenvalue weighted by Crippen LogP contribution is -2.77. The summed E-state index contributed by atoms with van der Waals surface area (Å²) in [5.74, 6) is -46.9. The normalized spacial score (nSPS) is 35.8. The molecule has 0 aromatic rings. The van der Waals surface area contributed by atoms with Gasteiger partial charge in [0.1, 0.15) is 37.1 Å². The summed E-state index contributed by atoms with van der Waals surface area (Å²) in [4.78, 5) is 47.1. The summed E-state index contributed by atoms with van der Waals surface area (Å²) in [5, 5.41) is 38.8. The molecule has 12 unspecified atom stereocenters. The van der Waals surface area contributed by atoms with E-state index in [9.17, 15) is 119 Å². The maximum Gasteiger partial charge on any atom is 0.449 e. The molecule has 5 saturated carbocycles. The van der Waals surface area contributed by atoms with Crippen molar-refractivity contribution in [2.24, 2.45) is 52.8 Å². The highest BCUT2D eigenvalue weighted by molar-refractivity contribution is 5.73. The first-order chi connectivity index (χ1) is 47.3. The molecule has 40 heteroatoms. The molecule has 105 heavy (non-hydrogen) atoms. The van der Waals surface area contributed by atoms with E-state index in [0.29, 0.717) is 58.8 Å². The molecule has 0 amide bonds. The number of aliphatic hydroxyl groups is 4. The molecule has 12 atom stereocenters. The Balaban J connectivity index is 0.000000254. The molecule has 4 saturated heterocycles. The number of hydrogen-bond donors (Lipinski definition) is 4. The first-order valence-electron chi connectivity index (χ1n) is 34.0. The predicted molar refractivity (Wildman–Crippen MR) is 317 cm³/mol. The van der Waals surface area contributed by atoms with E-state index in [1.54, 1.807) is 34.6 Å². The zero-order valence-corrected chi connectivity index (χ0v) is 60.1. The summed E-state index contributed by atoms with van der Waals surface area (Å²) in [6, 6.07) is 0. The Morgan fingerprint density at radius 1 is 0.495 bits per heavy atom. The van der Waals surface area contributed by atoms with Gasteiger partial charge in [0.2, 0.25) is 17.9 Å². The Bertz CT molecular complexity index is 2940. The molecule has 0 aromatic heterocycles. The molecular weight excluding hydrogens is 1480 g/mol. The number of esters is 4. The van der Waals surface area contributed by atoms with Crippen LogP contribution in [0.25, 0.3) is 0 Å². The van der Waals surface area contributed by atoms with E-state index in [0.717, 1.165) is 47.0 Å². The molecule has 9 fully saturated rings. The van der Waals surface area contributed by atoms with E-state index in [4.69, 9.17) is 33.2 Å². The first kappa shape index (κ1) is 91.6. The van der Waals surface area contributed by atoms with Gasteiger partial charge in [-0.2, -0.15) is 87.8 Å². The van der Waals surface area contributed by atoms with Crippen LogP contribution in [0, 0.1) is 52.8 Å². The van der Waals surface area contributed by atoms with Crippen LogP contribution in [-0.2, 0) is 76.0 Å². The number of alkyl halides is 20. The summed E-state index contributed by atoms with van der Waals surface area (Å²) in [7, 11) is 0. The second-order valence-corrected chi connectivity index (χ2v) is 30.1. The third-order valence-electron chi connectivity index (χ3n) is 20.8. The third kappa shape index (κ3) is 18.0. The van der Waals surface area contributed by atoms with Crippen molar-refractivity contribution in [1.82, 2.24) is 0 Å². The fourth-order valence-electron chi connectivity index (χ4n) is 14.0. The van der Waals surface area contributed by atoms with Crippen molar-refractivity contribution in [2.75, 3.05) is 33.2 Å². The molecule has 0 radical (unpaired) electrons. The van der Waals surface area contributed by atoms with Gasteiger partial charge in [-0.3, -0.25) is 19.2 Å². The zero-order valence-electron chi connectivity index (χ0n) is 60.1. The summed E-state index contributed by atoms with van der Waals surface area (Å²) in [6.07, 6.45) is -22.4. The molecule has 20 nitrogen and oxygen atoms in total. The Morgan fingerprint density at radius 2 is 0.886 bits per heavy atom. The van der Waals surface area contributed by atoms with Crippen molar-refractivity contribution in [3.8, 4) is 0 Å². The molecule has 4 aliphatic heterocycles.